The van der Waals surface area contributed by atoms with Crippen molar-refractivity contribution in [2.75, 3.05) is 26.6 Å². The number of nitrogens with one attached hydrogen (secondary N) is 1. The second-order valence-corrected chi connectivity index (χ2v) is 9.22. The summed E-state index contributed by atoms with van der Waals surface area (Å²) >= 11 is 0. The maximum Gasteiger partial charge on any atom is 0.309 e. The molecule has 0 spiro atoms. The van der Waals surface area contributed by atoms with Gasteiger partial charge in [0.05, 0.1) is 32.6 Å². The summed E-state index contributed by atoms with van der Waals surface area (Å²) in [7, 11) is 4.63. The van der Waals surface area contributed by atoms with Gasteiger partial charge in [-0.3, -0.25) is 9.59 Å². The molecule has 1 aromatic heterocycles. The molecule has 208 valence electrons. The van der Waals surface area contributed by atoms with E-state index in [1.54, 1.807) is 50.1 Å². The van der Waals surface area contributed by atoms with E-state index in [2.05, 4.69) is 5.32 Å². The largest absolute Gasteiger partial charge is 0.493 e. The van der Waals surface area contributed by atoms with Gasteiger partial charge in [0, 0.05) is 24.6 Å². The minimum atomic E-state index is -0.490. The lowest BCUT2D eigenvalue weighted by Gasteiger charge is -2.14. The topological polar surface area (TPSA) is 101 Å². The second kappa shape index (κ2) is 11.9. The highest BCUT2D eigenvalue weighted by Gasteiger charge is 2.27. The summed E-state index contributed by atoms with van der Waals surface area (Å²) in [6.45, 7) is 7.13. The average molecular weight is 544 g/mol. The molecule has 0 atom stereocenters. The molecule has 1 N–H and O–H groups in total. The van der Waals surface area contributed by atoms with Crippen LogP contribution in [-0.4, -0.2) is 43.0 Å². The van der Waals surface area contributed by atoms with Crippen molar-refractivity contribution in [1.29, 1.82) is 0 Å². The van der Waals surface area contributed by atoms with Crippen LogP contribution in [0.3, 0.4) is 0 Å². The molecule has 0 aliphatic carbocycles. The number of esters is 1. The summed E-state index contributed by atoms with van der Waals surface area (Å²) in [4.78, 5) is 24.3. The maximum absolute atomic E-state index is 12.4. The Labute approximate surface area is 233 Å². The van der Waals surface area contributed by atoms with Crippen molar-refractivity contribution in [1.82, 2.24) is 9.78 Å². The van der Waals surface area contributed by atoms with E-state index in [9.17, 15) is 9.59 Å². The first-order valence-electron chi connectivity index (χ1n) is 12.8. The van der Waals surface area contributed by atoms with Crippen LogP contribution in [0.2, 0.25) is 0 Å². The highest BCUT2D eigenvalue weighted by atomic mass is 16.5. The number of nitrogens with zero attached hydrogens (tertiary/aromatic N) is 2. The summed E-state index contributed by atoms with van der Waals surface area (Å²) in [5.41, 5.74) is 5.96. The van der Waals surface area contributed by atoms with Gasteiger partial charge in [-0.05, 0) is 55.3 Å². The van der Waals surface area contributed by atoms with Crippen LogP contribution in [-0.2, 0) is 9.59 Å². The highest BCUT2D eigenvalue weighted by molar-refractivity contribution is 5.92. The first kappa shape index (κ1) is 28.2. The fraction of sp³-hybridized carbons (Fsp3) is 0.258. The Bertz CT molecular complexity index is 1530. The van der Waals surface area contributed by atoms with E-state index in [0.29, 0.717) is 46.2 Å². The predicted molar refractivity (Wildman–Crippen MR) is 154 cm³/mol. The Morgan fingerprint density at radius 2 is 1.52 bits per heavy atom. The van der Waals surface area contributed by atoms with Crippen molar-refractivity contribution in [3.8, 4) is 51.2 Å². The standard InChI is InChI=1S/C31H33N3O6/c1-8-27(36)32-23-12-10-21(11-13-23)28-29(22-16-25(37-5)30(39-7)26(17-22)38-6)33-34(31(28)40-20(4)35)24-14-9-18(2)15-19(24)3/h9-17H,8H2,1-7H3,(H,32,36). The Balaban J connectivity index is 2.04. The van der Waals surface area contributed by atoms with Crippen molar-refractivity contribution < 1.29 is 28.5 Å². The number of amides is 1. The van der Waals surface area contributed by atoms with Gasteiger partial charge in [0.25, 0.3) is 0 Å². The molecule has 0 bridgehead atoms. The minimum Gasteiger partial charge on any atom is -0.493 e. The third-order valence-corrected chi connectivity index (χ3v) is 6.38. The zero-order chi connectivity index (χ0) is 29.0. The lowest BCUT2D eigenvalue weighted by molar-refractivity contribution is -0.132. The lowest BCUT2D eigenvalue weighted by atomic mass is 10.00. The average Bonchev–Trinajstić information content (AvgIpc) is 3.30. The molecule has 1 amide bonds. The maximum atomic E-state index is 12.4. The molecule has 40 heavy (non-hydrogen) atoms. The molecule has 0 fully saturated rings. The number of ether oxygens (including phenoxy) is 4. The molecule has 0 radical (unpaired) electrons. The van der Waals surface area contributed by atoms with Crippen LogP contribution in [0.5, 0.6) is 23.1 Å². The smallest absolute Gasteiger partial charge is 0.309 e. The van der Waals surface area contributed by atoms with Crippen molar-refractivity contribution in [2.45, 2.75) is 34.1 Å². The van der Waals surface area contributed by atoms with Crippen LogP contribution in [0.15, 0.2) is 54.6 Å². The summed E-state index contributed by atoms with van der Waals surface area (Å²) in [5.74, 6) is 1.03. The van der Waals surface area contributed by atoms with Crippen molar-refractivity contribution in [2.24, 2.45) is 0 Å². The summed E-state index contributed by atoms with van der Waals surface area (Å²) in [5, 5.41) is 7.84. The Morgan fingerprint density at radius 3 is 2.05 bits per heavy atom. The van der Waals surface area contributed by atoms with Gasteiger partial charge in [-0.25, -0.2) is 0 Å². The van der Waals surface area contributed by atoms with E-state index in [0.717, 1.165) is 22.4 Å². The number of carbonyl (C=O) groups excluding carboxylic acids is 2. The van der Waals surface area contributed by atoms with Gasteiger partial charge in [-0.2, -0.15) is 9.78 Å². The number of aryl methyl sites for hydroxylation is 2. The number of carbonyl (C=O) groups is 2. The zero-order valence-electron chi connectivity index (χ0n) is 23.7. The molecule has 9 heteroatoms. The Kier molecular flexibility index (Phi) is 8.43. The number of hydrogen-bond donors (Lipinski definition) is 1. The molecule has 4 aromatic rings. The lowest BCUT2D eigenvalue weighted by Crippen LogP contribution is -2.09. The van der Waals surface area contributed by atoms with E-state index < -0.39 is 5.97 Å². The first-order chi connectivity index (χ1) is 19.2. The molecule has 1 heterocycles. The van der Waals surface area contributed by atoms with E-state index in [-0.39, 0.29) is 11.8 Å². The summed E-state index contributed by atoms with van der Waals surface area (Å²) < 4.78 is 24.2. The van der Waals surface area contributed by atoms with Crippen LogP contribution in [0.1, 0.15) is 31.4 Å². The molecule has 0 unspecified atom stereocenters. The highest BCUT2D eigenvalue weighted by Crippen LogP contribution is 2.46. The number of methoxy groups -OCH3 is 3. The molecule has 0 aliphatic rings. The van der Waals surface area contributed by atoms with Crippen molar-refractivity contribution >= 4 is 17.6 Å². The number of hydrogen-bond acceptors (Lipinski definition) is 7. The number of anilines is 1. The second-order valence-electron chi connectivity index (χ2n) is 9.22. The summed E-state index contributed by atoms with van der Waals surface area (Å²) in [6, 6.07) is 16.9. The van der Waals surface area contributed by atoms with E-state index in [1.807, 2.05) is 44.2 Å². The fourth-order valence-electron chi connectivity index (χ4n) is 4.49. The normalized spacial score (nSPS) is 10.7. The van der Waals surface area contributed by atoms with Crippen LogP contribution >= 0.6 is 0 Å². The molecule has 0 saturated heterocycles. The molecule has 0 saturated carbocycles. The van der Waals surface area contributed by atoms with Crippen LogP contribution < -0.4 is 24.3 Å². The molecular weight excluding hydrogens is 510 g/mol. The molecule has 4 rings (SSSR count). The Morgan fingerprint density at radius 1 is 0.875 bits per heavy atom. The van der Waals surface area contributed by atoms with E-state index >= 15 is 0 Å². The third kappa shape index (κ3) is 5.63. The Hall–Kier alpha value is -4.79. The molecule has 3 aromatic carbocycles. The van der Waals surface area contributed by atoms with Gasteiger partial charge in [0.2, 0.25) is 17.5 Å². The van der Waals surface area contributed by atoms with E-state index in [1.165, 1.54) is 14.0 Å². The van der Waals surface area contributed by atoms with Crippen LogP contribution in [0.25, 0.3) is 28.1 Å². The van der Waals surface area contributed by atoms with Crippen molar-refractivity contribution in [3.05, 3.63) is 65.7 Å². The van der Waals surface area contributed by atoms with Gasteiger partial charge < -0.3 is 24.3 Å². The predicted octanol–water partition coefficient (Wildman–Crippen LogP) is 6.12. The number of aromatic nitrogens is 2. The fourth-order valence-corrected chi connectivity index (χ4v) is 4.49. The minimum absolute atomic E-state index is 0.0888. The third-order valence-electron chi connectivity index (χ3n) is 6.38. The molecular formula is C31H33N3O6. The zero-order valence-corrected chi connectivity index (χ0v) is 23.7. The van der Waals surface area contributed by atoms with Gasteiger partial charge in [-0.1, -0.05) is 36.8 Å². The van der Waals surface area contributed by atoms with Gasteiger partial charge >= 0.3 is 5.97 Å². The summed E-state index contributed by atoms with van der Waals surface area (Å²) in [6.07, 6.45) is 0.367. The quantitative estimate of drug-likeness (QED) is 0.254. The van der Waals surface area contributed by atoms with Crippen LogP contribution in [0, 0.1) is 13.8 Å². The van der Waals surface area contributed by atoms with Gasteiger partial charge in [-0.15, -0.1) is 0 Å². The van der Waals surface area contributed by atoms with E-state index in [4.69, 9.17) is 24.0 Å². The van der Waals surface area contributed by atoms with Gasteiger partial charge in [0.15, 0.2) is 11.5 Å². The molecule has 9 nitrogen and oxygen atoms in total. The van der Waals surface area contributed by atoms with Gasteiger partial charge in [0.1, 0.15) is 5.69 Å². The number of benzene rings is 3. The van der Waals surface area contributed by atoms with Crippen LogP contribution in [0.4, 0.5) is 5.69 Å². The number of rotatable bonds is 9. The molecule has 0 aliphatic heterocycles. The SMILES string of the molecule is CCC(=O)Nc1ccc(-c2c(-c3cc(OC)c(OC)c(OC)c3)nn(-c3ccc(C)cc3C)c2OC(C)=O)cc1. The monoisotopic (exact) mass is 543 g/mol. The van der Waals surface area contributed by atoms with Crippen molar-refractivity contribution in [3.63, 3.8) is 0 Å². The first-order valence-corrected chi connectivity index (χ1v) is 12.8.